The number of rotatable bonds is 4. The molecule has 1 aliphatic rings. The second-order valence-corrected chi connectivity index (χ2v) is 8.30. The minimum Gasteiger partial charge on any atom is -0.366 e. The second kappa shape index (κ2) is 8.73. The van der Waals surface area contributed by atoms with Crippen LogP contribution in [0.1, 0.15) is 11.3 Å². The molecule has 0 aromatic carbocycles. The van der Waals surface area contributed by atoms with Gasteiger partial charge in [-0.2, -0.15) is 23.0 Å². The number of pyridine rings is 2. The Kier molecular flexibility index (Phi) is 5.74. The summed E-state index contributed by atoms with van der Waals surface area (Å²) in [5.41, 5.74) is 0.817. The Bertz CT molecular complexity index is 1340. The van der Waals surface area contributed by atoms with Crippen LogP contribution in [0.4, 0.5) is 18.9 Å². The summed E-state index contributed by atoms with van der Waals surface area (Å²) >= 11 is 6.35. The number of hydrogen-bond acceptors (Lipinski definition) is 6. The van der Waals surface area contributed by atoms with Crippen molar-refractivity contribution in [3.8, 4) is 5.82 Å². The molecule has 176 valence electrons. The summed E-state index contributed by atoms with van der Waals surface area (Å²) in [6, 6.07) is 7.80. The zero-order valence-electron chi connectivity index (χ0n) is 17.8. The number of hydrogen-bond donors (Lipinski definition) is 0. The van der Waals surface area contributed by atoms with Gasteiger partial charge in [0.2, 0.25) is 0 Å². The number of aromatic nitrogens is 5. The first-order chi connectivity index (χ1) is 16.3. The molecule has 4 aromatic heterocycles. The highest BCUT2D eigenvalue weighted by Gasteiger charge is 2.31. The highest BCUT2D eigenvalue weighted by Crippen LogP contribution is 2.29. The summed E-state index contributed by atoms with van der Waals surface area (Å²) in [6.07, 6.45) is 1.56. The average molecular weight is 490 g/mol. The van der Waals surface area contributed by atoms with Crippen molar-refractivity contribution in [2.75, 3.05) is 31.1 Å². The Morgan fingerprint density at radius 1 is 1.03 bits per heavy atom. The van der Waals surface area contributed by atoms with Crippen LogP contribution in [0, 0.1) is 0 Å². The number of fused-ring (bicyclic) bond motifs is 1. The zero-order chi connectivity index (χ0) is 23.9. The first kappa shape index (κ1) is 22.4. The van der Waals surface area contributed by atoms with Gasteiger partial charge in [0.25, 0.3) is 5.56 Å². The molecule has 0 atom stereocenters. The lowest BCUT2D eigenvalue weighted by atomic mass is 10.2. The van der Waals surface area contributed by atoms with Gasteiger partial charge in [0.1, 0.15) is 10.7 Å². The number of piperazine rings is 1. The molecule has 1 aliphatic heterocycles. The molecule has 0 amide bonds. The molecule has 0 radical (unpaired) electrons. The first-order valence-electron chi connectivity index (χ1n) is 10.5. The SMILES string of the molecule is O=c1c(Cl)c(N2CCN(Cc3cn4ccccc4n3)CC2)cnn1-c1ccc(C(F)(F)F)cn1. The van der Waals surface area contributed by atoms with Crippen LogP contribution in [-0.4, -0.2) is 55.2 Å². The molecular weight excluding hydrogens is 471 g/mol. The molecule has 0 unspecified atom stereocenters. The normalized spacial score (nSPS) is 15.2. The molecule has 0 N–H and O–H groups in total. The smallest absolute Gasteiger partial charge is 0.366 e. The molecule has 1 fully saturated rings. The third kappa shape index (κ3) is 4.36. The van der Waals surface area contributed by atoms with E-state index >= 15 is 0 Å². The summed E-state index contributed by atoms with van der Waals surface area (Å²) in [5, 5.41) is 4.04. The number of alkyl halides is 3. The van der Waals surface area contributed by atoms with Crippen molar-refractivity contribution in [3.63, 3.8) is 0 Å². The third-order valence-corrected chi connectivity index (χ3v) is 6.06. The molecule has 1 saturated heterocycles. The van der Waals surface area contributed by atoms with E-state index in [-0.39, 0.29) is 10.8 Å². The fraction of sp³-hybridized carbons (Fsp3) is 0.273. The van der Waals surface area contributed by atoms with E-state index in [0.717, 1.165) is 41.2 Å². The molecule has 0 bridgehead atoms. The summed E-state index contributed by atoms with van der Waals surface area (Å²) in [4.78, 5) is 25.4. The molecule has 4 aromatic rings. The largest absolute Gasteiger partial charge is 0.417 e. The van der Waals surface area contributed by atoms with Crippen LogP contribution in [-0.2, 0) is 12.7 Å². The molecular formula is C22H19ClF3N7O. The van der Waals surface area contributed by atoms with E-state index in [4.69, 9.17) is 11.6 Å². The highest BCUT2D eigenvalue weighted by molar-refractivity contribution is 6.33. The standard InChI is InChI=1S/C22H19ClF3N7O/c23-20-17(12-28-33(21(20)34)18-5-4-15(11-27-18)22(24,25)26)31-9-7-30(8-10-31)13-16-14-32-6-2-1-3-19(32)29-16/h1-6,11-12,14H,7-10,13H2. The number of imidazole rings is 1. The van der Waals surface area contributed by atoms with Gasteiger partial charge in [-0.1, -0.05) is 17.7 Å². The molecule has 0 saturated carbocycles. The van der Waals surface area contributed by atoms with E-state index < -0.39 is 17.3 Å². The van der Waals surface area contributed by atoms with Crippen LogP contribution in [0.5, 0.6) is 0 Å². The first-order valence-corrected chi connectivity index (χ1v) is 10.9. The summed E-state index contributed by atoms with van der Waals surface area (Å²) in [7, 11) is 0. The van der Waals surface area contributed by atoms with Gasteiger partial charge >= 0.3 is 6.18 Å². The molecule has 5 heterocycles. The molecule has 34 heavy (non-hydrogen) atoms. The number of anilines is 1. The zero-order valence-corrected chi connectivity index (χ0v) is 18.5. The van der Waals surface area contributed by atoms with Crippen molar-refractivity contribution in [3.05, 3.63) is 81.8 Å². The monoisotopic (exact) mass is 489 g/mol. The van der Waals surface area contributed by atoms with Crippen LogP contribution in [0.25, 0.3) is 11.5 Å². The molecule has 8 nitrogen and oxygen atoms in total. The Morgan fingerprint density at radius 2 is 1.82 bits per heavy atom. The van der Waals surface area contributed by atoms with Gasteiger partial charge in [0, 0.05) is 51.3 Å². The van der Waals surface area contributed by atoms with Gasteiger partial charge in [-0.15, -0.1) is 0 Å². The van der Waals surface area contributed by atoms with Gasteiger partial charge in [-0.25, -0.2) is 9.97 Å². The van der Waals surface area contributed by atoms with E-state index in [1.807, 2.05) is 39.9 Å². The fourth-order valence-electron chi connectivity index (χ4n) is 3.93. The Balaban J connectivity index is 1.27. The Labute approximate surface area is 196 Å². The lowest BCUT2D eigenvalue weighted by Crippen LogP contribution is -2.46. The van der Waals surface area contributed by atoms with Crippen LogP contribution in [0.15, 0.2) is 59.9 Å². The Morgan fingerprint density at radius 3 is 2.50 bits per heavy atom. The predicted molar refractivity (Wildman–Crippen MR) is 120 cm³/mol. The third-order valence-electron chi connectivity index (χ3n) is 5.71. The van der Waals surface area contributed by atoms with Crippen molar-refractivity contribution < 1.29 is 13.2 Å². The van der Waals surface area contributed by atoms with Crippen molar-refractivity contribution in [2.24, 2.45) is 0 Å². The van der Waals surface area contributed by atoms with Crippen LogP contribution in [0.3, 0.4) is 0 Å². The lowest BCUT2D eigenvalue weighted by Gasteiger charge is -2.35. The quantitative estimate of drug-likeness (QED) is 0.438. The van der Waals surface area contributed by atoms with E-state index in [2.05, 4.69) is 20.0 Å². The van der Waals surface area contributed by atoms with Gasteiger partial charge in [-0.05, 0) is 24.3 Å². The van der Waals surface area contributed by atoms with Gasteiger partial charge in [0.05, 0.1) is 23.1 Å². The van der Waals surface area contributed by atoms with E-state index in [9.17, 15) is 18.0 Å². The summed E-state index contributed by atoms with van der Waals surface area (Å²) < 4.78 is 41.2. The van der Waals surface area contributed by atoms with Crippen molar-refractivity contribution in [1.29, 1.82) is 0 Å². The van der Waals surface area contributed by atoms with E-state index in [1.165, 1.54) is 6.20 Å². The second-order valence-electron chi connectivity index (χ2n) is 7.93. The summed E-state index contributed by atoms with van der Waals surface area (Å²) in [6.45, 7) is 3.47. The molecule has 12 heteroatoms. The topological polar surface area (TPSA) is 71.6 Å². The molecule has 5 rings (SSSR count). The maximum absolute atomic E-state index is 12.8. The van der Waals surface area contributed by atoms with Gasteiger partial charge < -0.3 is 9.30 Å². The van der Waals surface area contributed by atoms with E-state index in [0.29, 0.717) is 31.5 Å². The summed E-state index contributed by atoms with van der Waals surface area (Å²) in [5.74, 6) is -0.0382. The van der Waals surface area contributed by atoms with Crippen LogP contribution >= 0.6 is 11.6 Å². The van der Waals surface area contributed by atoms with Crippen molar-refractivity contribution in [2.45, 2.75) is 12.7 Å². The average Bonchev–Trinajstić information content (AvgIpc) is 3.23. The van der Waals surface area contributed by atoms with Gasteiger partial charge in [0.15, 0.2) is 5.82 Å². The van der Waals surface area contributed by atoms with Crippen LogP contribution in [0.2, 0.25) is 5.02 Å². The fourth-order valence-corrected chi connectivity index (χ4v) is 4.17. The van der Waals surface area contributed by atoms with E-state index in [1.54, 1.807) is 0 Å². The Hall–Kier alpha value is -3.44. The predicted octanol–water partition coefficient (Wildman–Crippen LogP) is 3.27. The van der Waals surface area contributed by atoms with Crippen molar-refractivity contribution >= 4 is 22.9 Å². The lowest BCUT2D eigenvalue weighted by molar-refractivity contribution is -0.137. The number of nitrogens with zero attached hydrogens (tertiary/aromatic N) is 7. The minimum absolute atomic E-state index is 0.0382. The van der Waals surface area contributed by atoms with Crippen molar-refractivity contribution in [1.82, 2.24) is 29.0 Å². The maximum Gasteiger partial charge on any atom is 0.417 e. The molecule has 0 aliphatic carbocycles. The number of halogens is 4. The minimum atomic E-state index is -4.52. The molecule has 0 spiro atoms. The van der Waals surface area contributed by atoms with Gasteiger partial charge in [-0.3, -0.25) is 9.69 Å². The highest BCUT2D eigenvalue weighted by atomic mass is 35.5. The maximum atomic E-state index is 12.8. The van der Waals surface area contributed by atoms with Crippen LogP contribution < -0.4 is 10.5 Å².